The van der Waals surface area contributed by atoms with Crippen molar-refractivity contribution in [3.05, 3.63) is 0 Å². The predicted octanol–water partition coefficient (Wildman–Crippen LogP) is -0.590. The van der Waals surface area contributed by atoms with Gasteiger partial charge < -0.3 is 9.84 Å². The van der Waals surface area contributed by atoms with Gasteiger partial charge in [0.25, 0.3) is 10.2 Å². The van der Waals surface area contributed by atoms with E-state index >= 15 is 0 Å². The van der Waals surface area contributed by atoms with Crippen molar-refractivity contribution in [2.75, 3.05) is 39.4 Å². The molecule has 2 aliphatic heterocycles. The Hall–Kier alpha value is -0.210. The van der Waals surface area contributed by atoms with Crippen LogP contribution in [0.25, 0.3) is 0 Å². The van der Waals surface area contributed by atoms with Crippen LogP contribution in [-0.2, 0) is 14.9 Å². The third kappa shape index (κ3) is 2.63. The van der Waals surface area contributed by atoms with E-state index in [0.717, 1.165) is 6.42 Å². The lowest BCUT2D eigenvalue weighted by Gasteiger charge is -2.47. The van der Waals surface area contributed by atoms with Gasteiger partial charge in [-0.2, -0.15) is 17.0 Å². The fourth-order valence-corrected chi connectivity index (χ4v) is 4.08. The molecule has 2 fully saturated rings. The van der Waals surface area contributed by atoms with Crippen LogP contribution in [0.5, 0.6) is 0 Å². The number of nitrogens with zero attached hydrogens (tertiary/aromatic N) is 2. The van der Waals surface area contributed by atoms with Crippen molar-refractivity contribution < 1.29 is 18.3 Å². The van der Waals surface area contributed by atoms with Crippen LogP contribution in [0.15, 0.2) is 0 Å². The molecule has 7 heteroatoms. The van der Waals surface area contributed by atoms with Crippen LogP contribution in [0.2, 0.25) is 0 Å². The van der Waals surface area contributed by atoms with Crippen molar-refractivity contribution in [1.82, 2.24) is 8.61 Å². The Balaban J connectivity index is 1.95. The monoisotopic (exact) mass is 264 g/mol. The zero-order valence-electron chi connectivity index (χ0n) is 10.1. The molecule has 17 heavy (non-hydrogen) atoms. The van der Waals surface area contributed by atoms with Crippen molar-refractivity contribution in [3.63, 3.8) is 0 Å². The van der Waals surface area contributed by atoms with Gasteiger partial charge in [-0.05, 0) is 6.42 Å². The number of morpholine rings is 1. The Morgan fingerprint density at radius 1 is 1.24 bits per heavy atom. The van der Waals surface area contributed by atoms with Crippen LogP contribution in [0.3, 0.4) is 0 Å². The number of β-amino-alcohol motifs (C(OH)–C–C–N with tert-alkyl or cyclic N) is 1. The highest BCUT2D eigenvalue weighted by molar-refractivity contribution is 7.86. The number of ether oxygens (including phenoxy) is 1. The minimum atomic E-state index is -3.39. The largest absolute Gasteiger partial charge is 0.387 e. The molecule has 2 rings (SSSR count). The Morgan fingerprint density at radius 3 is 2.35 bits per heavy atom. The summed E-state index contributed by atoms with van der Waals surface area (Å²) in [4.78, 5) is 0. The topological polar surface area (TPSA) is 70.1 Å². The minimum absolute atomic E-state index is 0.223. The lowest BCUT2D eigenvalue weighted by molar-refractivity contribution is -0.0685. The number of hydrogen-bond donors (Lipinski definition) is 1. The van der Waals surface area contributed by atoms with E-state index in [1.807, 2.05) is 6.92 Å². The summed E-state index contributed by atoms with van der Waals surface area (Å²) >= 11 is 0. The summed E-state index contributed by atoms with van der Waals surface area (Å²) in [6.07, 6.45) is 1.52. The maximum Gasteiger partial charge on any atom is 0.282 e. The molecule has 0 aromatic carbocycles. The first-order valence-electron chi connectivity index (χ1n) is 6.03. The molecular weight excluding hydrogens is 244 g/mol. The summed E-state index contributed by atoms with van der Waals surface area (Å²) in [5, 5.41) is 9.99. The second-order valence-electron chi connectivity index (χ2n) is 4.76. The van der Waals surface area contributed by atoms with Gasteiger partial charge in [-0.3, -0.25) is 0 Å². The molecule has 0 spiro atoms. The van der Waals surface area contributed by atoms with Gasteiger partial charge in [0.1, 0.15) is 0 Å². The van der Waals surface area contributed by atoms with Gasteiger partial charge in [0.05, 0.1) is 18.8 Å². The highest BCUT2D eigenvalue weighted by Crippen LogP contribution is 2.29. The molecule has 0 unspecified atom stereocenters. The lowest BCUT2D eigenvalue weighted by atomic mass is 9.92. The second kappa shape index (κ2) is 4.81. The zero-order valence-corrected chi connectivity index (χ0v) is 10.9. The molecule has 1 N–H and O–H groups in total. The molecule has 2 saturated heterocycles. The number of hydrogen-bond acceptors (Lipinski definition) is 4. The summed E-state index contributed by atoms with van der Waals surface area (Å²) in [6.45, 7) is 4.15. The van der Waals surface area contributed by atoms with Crippen molar-refractivity contribution in [2.24, 2.45) is 0 Å². The number of aliphatic hydroxyl groups is 1. The average molecular weight is 264 g/mol. The van der Waals surface area contributed by atoms with E-state index in [1.165, 1.54) is 8.61 Å². The summed E-state index contributed by atoms with van der Waals surface area (Å²) in [5.74, 6) is 0. The van der Waals surface area contributed by atoms with Gasteiger partial charge in [0.15, 0.2) is 0 Å². The standard InChI is InChI=1S/C10H20N2O4S/c1-2-3-10(13)8-12(9-10)17(14,15)11-4-6-16-7-5-11/h13H,2-9H2,1H3. The molecule has 0 amide bonds. The summed E-state index contributed by atoms with van der Waals surface area (Å²) in [6, 6.07) is 0. The van der Waals surface area contributed by atoms with Gasteiger partial charge in [-0.15, -0.1) is 0 Å². The summed E-state index contributed by atoms with van der Waals surface area (Å²) in [5.41, 5.74) is -0.811. The molecule has 100 valence electrons. The van der Waals surface area contributed by atoms with Crippen LogP contribution in [0, 0.1) is 0 Å². The van der Waals surface area contributed by atoms with Crippen molar-refractivity contribution in [2.45, 2.75) is 25.4 Å². The zero-order chi connectivity index (χ0) is 12.5. The first-order chi connectivity index (χ1) is 7.98. The molecule has 0 aromatic rings. The minimum Gasteiger partial charge on any atom is -0.387 e. The molecule has 0 saturated carbocycles. The second-order valence-corrected chi connectivity index (χ2v) is 6.69. The maximum atomic E-state index is 12.1. The third-order valence-electron chi connectivity index (χ3n) is 3.28. The molecule has 0 atom stereocenters. The normalized spacial score (nSPS) is 26.7. The Kier molecular flexibility index (Phi) is 3.74. The van der Waals surface area contributed by atoms with E-state index in [0.29, 0.717) is 32.7 Å². The molecule has 6 nitrogen and oxygen atoms in total. The fraction of sp³-hybridized carbons (Fsp3) is 1.00. The Morgan fingerprint density at radius 2 is 1.82 bits per heavy atom. The van der Waals surface area contributed by atoms with E-state index in [2.05, 4.69) is 0 Å². The third-order valence-corrected chi connectivity index (χ3v) is 5.21. The first kappa shape index (κ1) is 13.2. The van der Waals surface area contributed by atoms with E-state index in [9.17, 15) is 13.5 Å². The van der Waals surface area contributed by atoms with Crippen LogP contribution in [-0.4, -0.2) is 67.1 Å². The Bertz CT molecular complexity index is 359. The Labute approximate surface area is 102 Å². The quantitative estimate of drug-likeness (QED) is 0.737. The van der Waals surface area contributed by atoms with Gasteiger partial charge in [0.2, 0.25) is 0 Å². The maximum absolute atomic E-state index is 12.1. The highest BCUT2D eigenvalue weighted by atomic mass is 32.2. The average Bonchev–Trinajstić information content (AvgIpc) is 2.27. The van der Waals surface area contributed by atoms with Gasteiger partial charge >= 0.3 is 0 Å². The molecule has 0 bridgehead atoms. The van der Waals surface area contributed by atoms with Crippen LogP contribution >= 0.6 is 0 Å². The molecular formula is C10H20N2O4S. The van der Waals surface area contributed by atoms with Crippen molar-refractivity contribution in [1.29, 1.82) is 0 Å². The molecule has 2 heterocycles. The SMILES string of the molecule is CCCC1(O)CN(S(=O)(=O)N2CCOCC2)C1. The van der Waals surface area contributed by atoms with Crippen LogP contribution < -0.4 is 0 Å². The molecule has 0 aromatic heterocycles. The van der Waals surface area contributed by atoms with E-state index in [-0.39, 0.29) is 13.1 Å². The number of rotatable bonds is 4. The van der Waals surface area contributed by atoms with Crippen LogP contribution in [0.4, 0.5) is 0 Å². The van der Waals surface area contributed by atoms with Crippen molar-refractivity contribution in [3.8, 4) is 0 Å². The summed E-state index contributed by atoms with van der Waals surface area (Å²) < 4.78 is 32.2. The van der Waals surface area contributed by atoms with Gasteiger partial charge in [0, 0.05) is 26.2 Å². The molecule has 0 radical (unpaired) electrons. The van der Waals surface area contributed by atoms with E-state index < -0.39 is 15.8 Å². The van der Waals surface area contributed by atoms with Gasteiger partial charge in [-0.1, -0.05) is 13.3 Å². The van der Waals surface area contributed by atoms with Crippen LogP contribution in [0.1, 0.15) is 19.8 Å². The van der Waals surface area contributed by atoms with Gasteiger partial charge in [-0.25, -0.2) is 0 Å². The summed E-state index contributed by atoms with van der Waals surface area (Å²) in [7, 11) is -3.39. The van der Waals surface area contributed by atoms with E-state index in [1.54, 1.807) is 0 Å². The van der Waals surface area contributed by atoms with E-state index in [4.69, 9.17) is 4.74 Å². The molecule has 2 aliphatic rings. The smallest absolute Gasteiger partial charge is 0.282 e. The van der Waals surface area contributed by atoms with Crippen molar-refractivity contribution >= 4 is 10.2 Å². The fourth-order valence-electron chi connectivity index (χ4n) is 2.34. The predicted molar refractivity (Wildman–Crippen MR) is 62.7 cm³/mol. The lowest BCUT2D eigenvalue weighted by Crippen LogP contribution is -2.66. The first-order valence-corrected chi connectivity index (χ1v) is 7.43. The highest BCUT2D eigenvalue weighted by Gasteiger charge is 2.48. The molecule has 0 aliphatic carbocycles.